The highest BCUT2D eigenvalue weighted by molar-refractivity contribution is 6.19. The molecule has 1 aliphatic rings. The van der Waals surface area contributed by atoms with Gasteiger partial charge in [0.05, 0.1) is 0 Å². The van der Waals surface area contributed by atoms with E-state index in [1.807, 2.05) is 0 Å². The van der Waals surface area contributed by atoms with E-state index >= 15 is 0 Å². The number of hydrogen-bond acceptors (Lipinski definition) is 6. The summed E-state index contributed by atoms with van der Waals surface area (Å²) in [6, 6.07) is 0. The lowest BCUT2D eigenvalue weighted by Gasteiger charge is -2.31. The van der Waals surface area contributed by atoms with Gasteiger partial charge in [0.1, 0.15) is 0 Å². The number of rotatable bonds is 3. The lowest BCUT2D eigenvalue weighted by atomic mass is 10.0. The molecule has 0 bridgehead atoms. The Morgan fingerprint density at radius 1 is 1.29 bits per heavy atom. The Labute approximate surface area is 99.0 Å². The Kier molecular flexibility index (Phi) is 3.55. The Hall–Kier alpha value is -1.85. The summed E-state index contributed by atoms with van der Waals surface area (Å²) in [6.07, 6.45) is 1.17. The van der Waals surface area contributed by atoms with E-state index < -0.39 is 29.4 Å². The third kappa shape index (κ3) is 3.05. The minimum Gasteiger partial charge on any atom is -0.422 e. The Bertz CT molecular complexity index is 377. The van der Waals surface area contributed by atoms with E-state index in [2.05, 4.69) is 5.32 Å². The summed E-state index contributed by atoms with van der Waals surface area (Å²) in [5.41, 5.74) is 0.542. The Balaban J connectivity index is 2.89. The average Bonchev–Trinajstić information content (AvgIpc) is 2.13. The fraction of sp³-hybridized carbons (Fsp3) is 0.545. The van der Waals surface area contributed by atoms with E-state index in [1.54, 1.807) is 14.0 Å². The summed E-state index contributed by atoms with van der Waals surface area (Å²) in [6.45, 7) is 4.50. The zero-order valence-corrected chi connectivity index (χ0v) is 10.2. The molecule has 1 rings (SSSR count). The normalized spacial score (nSPS) is 20.6. The third-order valence-electron chi connectivity index (χ3n) is 2.20. The number of carbonyl (C=O) groups excluding carboxylic acids is 3. The van der Waals surface area contributed by atoms with Crippen LogP contribution < -0.4 is 5.32 Å². The maximum atomic E-state index is 11.7. The SMILES string of the molecule is CN/C(C)=C\C(=O)C1C(=O)OC(C)(C)OC1=O. The van der Waals surface area contributed by atoms with Gasteiger partial charge in [-0.3, -0.25) is 14.4 Å². The first kappa shape index (κ1) is 13.2. The van der Waals surface area contributed by atoms with Crippen LogP contribution >= 0.6 is 0 Å². The van der Waals surface area contributed by atoms with Crippen molar-refractivity contribution in [2.24, 2.45) is 5.92 Å². The van der Waals surface area contributed by atoms with Crippen molar-refractivity contribution < 1.29 is 23.9 Å². The average molecular weight is 241 g/mol. The molecule has 0 atom stereocenters. The Morgan fingerprint density at radius 2 is 1.76 bits per heavy atom. The third-order valence-corrected chi connectivity index (χ3v) is 2.20. The van der Waals surface area contributed by atoms with Gasteiger partial charge >= 0.3 is 11.9 Å². The van der Waals surface area contributed by atoms with Crippen molar-refractivity contribution in [3.05, 3.63) is 11.8 Å². The zero-order chi connectivity index (χ0) is 13.2. The van der Waals surface area contributed by atoms with Crippen LogP contribution in [0, 0.1) is 5.92 Å². The van der Waals surface area contributed by atoms with Crippen LogP contribution in [-0.2, 0) is 23.9 Å². The number of hydrogen-bond donors (Lipinski definition) is 1. The van der Waals surface area contributed by atoms with Gasteiger partial charge in [-0.2, -0.15) is 0 Å². The minimum atomic E-state index is -1.52. The molecule has 0 aromatic rings. The number of ether oxygens (including phenoxy) is 2. The van der Waals surface area contributed by atoms with Crippen molar-refractivity contribution in [1.82, 2.24) is 5.32 Å². The molecule has 17 heavy (non-hydrogen) atoms. The molecule has 0 aromatic heterocycles. The second kappa shape index (κ2) is 4.57. The van der Waals surface area contributed by atoms with Crippen molar-refractivity contribution in [3.8, 4) is 0 Å². The summed E-state index contributed by atoms with van der Waals surface area (Å²) < 4.78 is 9.68. The molecule has 1 fully saturated rings. The summed E-state index contributed by atoms with van der Waals surface area (Å²) in [5.74, 6) is -5.24. The Morgan fingerprint density at radius 3 is 2.18 bits per heavy atom. The molecule has 1 N–H and O–H groups in total. The summed E-state index contributed by atoms with van der Waals surface area (Å²) in [7, 11) is 1.62. The summed E-state index contributed by atoms with van der Waals surface area (Å²) >= 11 is 0. The zero-order valence-electron chi connectivity index (χ0n) is 10.2. The van der Waals surface area contributed by atoms with Gasteiger partial charge in [-0.25, -0.2) is 0 Å². The van der Waals surface area contributed by atoms with Crippen LogP contribution in [0.1, 0.15) is 20.8 Å². The monoisotopic (exact) mass is 241 g/mol. The number of nitrogens with one attached hydrogen (secondary N) is 1. The topological polar surface area (TPSA) is 81.7 Å². The van der Waals surface area contributed by atoms with Crippen LogP contribution in [0.5, 0.6) is 0 Å². The highest BCUT2D eigenvalue weighted by atomic mass is 16.7. The molecule has 0 radical (unpaired) electrons. The largest absolute Gasteiger partial charge is 0.422 e. The van der Waals surface area contributed by atoms with Gasteiger partial charge in [-0.05, 0) is 6.92 Å². The molecule has 1 heterocycles. The van der Waals surface area contributed by atoms with Crippen molar-refractivity contribution in [1.29, 1.82) is 0 Å². The van der Waals surface area contributed by atoms with Gasteiger partial charge in [0.2, 0.25) is 5.92 Å². The van der Waals surface area contributed by atoms with Crippen LogP contribution in [0.3, 0.4) is 0 Å². The molecule has 94 valence electrons. The smallest absolute Gasteiger partial charge is 0.331 e. The molecule has 0 amide bonds. The maximum Gasteiger partial charge on any atom is 0.331 e. The van der Waals surface area contributed by atoms with Gasteiger partial charge in [-0.1, -0.05) is 0 Å². The number of esters is 2. The van der Waals surface area contributed by atoms with Gasteiger partial charge in [0, 0.05) is 32.7 Å². The molecule has 0 aromatic carbocycles. The van der Waals surface area contributed by atoms with E-state index in [4.69, 9.17) is 9.47 Å². The molecular formula is C11H15NO5. The fourth-order valence-electron chi connectivity index (χ4n) is 1.32. The molecule has 1 aliphatic heterocycles. The standard InChI is InChI=1S/C11H15NO5/c1-6(12-4)5-7(13)8-9(14)16-11(2,3)17-10(8)15/h5,8,12H,1-4H3/b6-5-. The molecule has 0 saturated carbocycles. The first-order chi connectivity index (χ1) is 7.76. The van der Waals surface area contributed by atoms with Crippen LogP contribution in [0.25, 0.3) is 0 Å². The van der Waals surface area contributed by atoms with Crippen molar-refractivity contribution >= 4 is 17.7 Å². The van der Waals surface area contributed by atoms with Crippen molar-refractivity contribution in [2.45, 2.75) is 26.6 Å². The number of cyclic esters (lactones) is 2. The molecule has 0 aliphatic carbocycles. The second-order valence-corrected chi connectivity index (χ2v) is 4.15. The van der Waals surface area contributed by atoms with E-state index in [0.717, 1.165) is 0 Å². The lowest BCUT2D eigenvalue weighted by molar-refractivity contribution is -0.238. The second-order valence-electron chi connectivity index (χ2n) is 4.15. The van der Waals surface area contributed by atoms with Crippen LogP contribution in [0.4, 0.5) is 0 Å². The fourth-order valence-corrected chi connectivity index (χ4v) is 1.32. The minimum absolute atomic E-state index is 0.542. The number of allylic oxidation sites excluding steroid dienone is 2. The summed E-state index contributed by atoms with van der Waals surface area (Å²) in [5, 5.41) is 2.72. The quantitative estimate of drug-likeness (QED) is 0.429. The van der Waals surface area contributed by atoms with Gasteiger partial charge in [0.25, 0.3) is 5.79 Å². The van der Waals surface area contributed by atoms with Crippen LogP contribution in [0.2, 0.25) is 0 Å². The van der Waals surface area contributed by atoms with Crippen LogP contribution in [-0.4, -0.2) is 30.6 Å². The lowest BCUT2D eigenvalue weighted by Crippen LogP contribution is -2.48. The maximum absolute atomic E-state index is 11.7. The molecule has 6 nitrogen and oxygen atoms in total. The predicted molar refractivity (Wildman–Crippen MR) is 57.6 cm³/mol. The molecule has 1 saturated heterocycles. The van der Waals surface area contributed by atoms with Crippen LogP contribution in [0.15, 0.2) is 11.8 Å². The molecular weight excluding hydrogens is 226 g/mol. The molecule has 0 spiro atoms. The highest BCUT2D eigenvalue weighted by Crippen LogP contribution is 2.23. The van der Waals surface area contributed by atoms with Gasteiger partial charge in [0.15, 0.2) is 5.78 Å². The predicted octanol–water partition coefficient (Wildman–Crippen LogP) is 0.131. The molecule has 0 unspecified atom stereocenters. The number of carbonyl (C=O) groups is 3. The van der Waals surface area contributed by atoms with Gasteiger partial charge < -0.3 is 14.8 Å². The highest BCUT2D eigenvalue weighted by Gasteiger charge is 2.46. The van der Waals surface area contributed by atoms with Crippen molar-refractivity contribution in [3.63, 3.8) is 0 Å². The van der Waals surface area contributed by atoms with Crippen molar-refractivity contribution in [2.75, 3.05) is 7.05 Å². The van der Waals surface area contributed by atoms with Gasteiger partial charge in [-0.15, -0.1) is 0 Å². The summed E-state index contributed by atoms with van der Waals surface area (Å²) in [4.78, 5) is 34.8. The van der Waals surface area contributed by atoms with E-state index in [0.29, 0.717) is 5.70 Å². The first-order valence-corrected chi connectivity index (χ1v) is 5.12. The van der Waals surface area contributed by atoms with E-state index in [1.165, 1.54) is 19.9 Å². The molecule has 6 heteroatoms. The van der Waals surface area contributed by atoms with E-state index in [9.17, 15) is 14.4 Å². The number of ketones is 1. The first-order valence-electron chi connectivity index (χ1n) is 5.12. The van der Waals surface area contributed by atoms with E-state index in [-0.39, 0.29) is 0 Å².